The lowest BCUT2D eigenvalue weighted by molar-refractivity contribution is -0.130. The molecule has 1 aromatic heterocycles. The summed E-state index contributed by atoms with van der Waals surface area (Å²) in [5.74, 6) is -0.0670. The Morgan fingerprint density at radius 2 is 2.00 bits per heavy atom. The van der Waals surface area contributed by atoms with Crippen LogP contribution in [-0.2, 0) is 23.2 Å². The van der Waals surface area contributed by atoms with Crippen LogP contribution in [-0.4, -0.2) is 75.3 Å². The summed E-state index contributed by atoms with van der Waals surface area (Å²) in [6, 6.07) is 0. The van der Waals surface area contributed by atoms with E-state index in [-0.39, 0.29) is 11.8 Å². The average molecular weight is 332 g/mol. The average Bonchev–Trinajstić information content (AvgIpc) is 2.82. The van der Waals surface area contributed by atoms with Gasteiger partial charge in [0.2, 0.25) is 5.91 Å². The Balaban J connectivity index is 1.58. The first-order valence-electron chi connectivity index (χ1n) is 8.36. The number of amides is 2. The summed E-state index contributed by atoms with van der Waals surface area (Å²) >= 11 is 0. The molecule has 2 aliphatic rings. The maximum Gasteiger partial charge on any atom is 0.270 e. The standard InChI is InChI=1S/C16H24N6O2/c1-19-11-13(10-17-19)12-21-6-3-7-22(9-8-21)16(24)14-4-5-15(23)20(2)18-14/h10-11H,3-9,12H2,1-2H3. The molecular weight excluding hydrogens is 308 g/mol. The third kappa shape index (κ3) is 3.81. The number of carbonyl (C=O) groups excluding carboxylic acids is 2. The summed E-state index contributed by atoms with van der Waals surface area (Å²) in [5.41, 5.74) is 1.69. The van der Waals surface area contributed by atoms with Crippen LogP contribution in [0.3, 0.4) is 0 Å². The first-order valence-corrected chi connectivity index (χ1v) is 8.36. The second-order valence-corrected chi connectivity index (χ2v) is 6.41. The van der Waals surface area contributed by atoms with Crippen molar-refractivity contribution in [3.63, 3.8) is 0 Å². The highest BCUT2D eigenvalue weighted by Gasteiger charge is 2.27. The lowest BCUT2D eigenvalue weighted by atomic mass is 10.1. The van der Waals surface area contributed by atoms with Crippen LogP contribution in [0.2, 0.25) is 0 Å². The molecule has 0 N–H and O–H groups in total. The maximum absolute atomic E-state index is 12.7. The van der Waals surface area contributed by atoms with E-state index in [0.29, 0.717) is 25.1 Å². The first kappa shape index (κ1) is 16.6. The third-order valence-electron chi connectivity index (χ3n) is 4.49. The van der Waals surface area contributed by atoms with Gasteiger partial charge in [-0.25, -0.2) is 5.01 Å². The molecule has 0 bridgehead atoms. The van der Waals surface area contributed by atoms with Gasteiger partial charge >= 0.3 is 0 Å². The predicted octanol–water partition coefficient (Wildman–Crippen LogP) is 0.0626. The fraction of sp³-hybridized carbons (Fsp3) is 0.625. The second kappa shape index (κ2) is 7.12. The molecule has 0 aromatic carbocycles. The fourth-order valence-corrected chi connectivity index (χ4v) is 3.15. The number of carbonyl (C=O) groups is 2. The van der Waals surface area contributed by atoms with E-state index in [4.69, 9.17) is 0 Å². The van der Waals surface area contributed by atoms with Gasteiger partial charge in [-0.3, -0.25) is 19.2 Å². The van der Waals surface area contributed by atoms with Crippen molar-refractivity contribution in [2.24, 2.45) is 12.1 Å². The van der Waals surface area contributed by atoms with E-state index < -0.39 is 0 Å². The minimum Gasteiger partial charge on any atom is -0.336 e. The first-order chi connectivity index (χ1) is 11.5. The smallest absolute Gasteiger partial charge is 0.270 e. The van der Waals surface area contributed by atoms with Gasteiger partial charge in [0.1, 0.15) is 5.71 Å². The highest BCUT2D eigenvalue weighted by atomic mass is 16.2. The monoisotopic (exact) mass is 332 g/mol. The Morgan fingerprint density at radius 1 is 1.17 bits per heavy atom. The SMILES string of the molecule is CN1N=C(C(=O)N2CCCN(Cc3cnn(C)c3)CC2)CCC1=O. The largest absolute Gasteiger partial charge is 0.336 e. The zero-order valence-corrected chi connectivity index (χ0v) is 14.3. The third-order valence-corrected chi connectivity index (χ3v) is 4.49. The van der Waals surface area contributed by atoms with Gasteiger partial charge < -0.3 is 4.90 Å². The molecule has 1 aromatic rings. The molecule has 130 valence electrons. The molecule has 2 amide bonds. The van der Waals surface area contributed by atoms with Crippen molar-refractivity contribution in [2.75, 3.05) is 33.2 Å². The van der Waals surface area contributed by atoms with E-state index in [1.165, 1.54) is 10.6 Å². The highest BCUT2D eigenvalue weighted by molar-refractivity contribution is 6.39. The summed E-state index contributed by atoms with van der Waals surface area (Å²) in [7, 11) is 3.52. The molecule has 3 heterocycles. The van der Waals surface area contributed by atoms with Crippen molar-refractivity contribution >= 4 is 17.5 Å². The topological polar surface area (TPSA) is 74.0 Å². The summed E-state index contributed by atoms with van der Waals surface area (Å²) in [6.07, 6.45) is 5.66. The maximum atomic E-state index is 12.7. The Hall–Kier alpha value is -2.22. The van der Waals surface area contributed by atoms with Gasteiger partial charge in [-0.1, -0.05) is 0 Å². The Kier molecular flexibility index (Phi) is 4.94. The van der Waals surface area contributed by atoms with Crippen molar-refractivity contribution in [1.82, 2.24) is 24.6 Å². The van der Waals surface area contributed by atoms with E-state index in [0.717, 1.165) is 32.6 Å². The summed E-state index contributed by atoms with van der Waals surface area (Å²) < 4.78 is 1.81. The van der Waals surface area contributed by atoms with Crippen molar-refractivity contribution in [1.29, 1.82) is 0 Å². The van der Waals surface area contributed by atoms with Gasteiger partial charge in [0.05, 0.1) is 6.20 Å². The molecule has 1 saturated heterocycles. The summed E-state index contributed by atoms with van der Waals surface area (Å²) in [5, 5.41) is 9.62. The molecule has 0 unspecified atom stereocenters. The van der Waals surface area contributed by atoms with Gasteiger partial charge in [-0.15, -0.1) is 0 Å². The minimum atomic E-state index is -0.0370. The Morgan fingerprint density at radius 3 is 2.71 bits per heavy atom. The van der Waals surface area contributed by atoms with Crippen LogP contribution in [0, 0.1) is 0 Å². The quantitative estimate of drug-likeness (QED) is 0.785. The van der Waals surface area contributed by atoms with Crippen LogP contribution in [0.1, 0.15) is 24.8 Å². The molecule has 0 spiro atoms. The minimum absolute atomic E-state index is 0.0300. The Bertz CT molecular complexity index is 653. The molecule has 0 aliphatic carbocycles. The van der Waals surface area contributed by atoms with Gasteiger partial charge in [0, 0.05) is 71.4 Å². The molecule has 0 radical (unpaired) electrons. The lowest BCUT2D eigenvalue weighted by Crippen LogP contribution is -2.42. The normalized spacial score (nSPS) is 20.1. The fourth-order valence-electron chi connectivity index (χ4n) is 3.15. The number of hydrogen-bond acceptors (Lipinski definition) is 5. The van der Waals surface area contributed by atoms with Gasteiger partial charge in [-0.05, 0) is 6.42 Å². The van der Waals surface area contributed by atoms with Crippen LogP contribution in [0.15, 0.2) is 17.5 Å². The Labute approximate surface area is 141 Å². The number of aromatic nitrogens is 2. The van der Waals surface area contributed by atoms with Crippen LogP contribution in [0.5, 0.6) is 0 Å². The highest BCUT2D eigenvalue weighted by Crippen LogP contribution is 2.12. The number of aryl methyl sites for hydroxylation is 1. The molecular formula is C16H24N6O2. The van der Waals surface area contributed by atoms with E-state index >= 15 is 0 Å². The molecule has 1 fully saturated rings. The van der Waals surface area contributed by atoms with E-state index in [1.54, 1.807) is 7.05 Å². The van der Waals surface area contributed by atoms with Crippen LogP contribution < -0.4 is 0 Å². The van der Waals surface area contributed by atoms with Crippen LogP contribution in [0.25, 0.3) is 0 Å². The van der Waals surface area contributed by atoms with Crippen molar-refractivity contribution in [2.45, 2.75) is 25.8 Å². The summed E-state index contributed by atoms with van der Waals surface area (Å²) in [4.78, 5) is 28.4. The van der Waals surface area contributed by atoms with Crippen LogP contribution >= 0.6 is 0 Å². The number of hydrogen-bond donors (Lipinski definition) is 0. The number of hydrazone groups is 1. The van der Waals surface area contributed by atoms with Crippen molar-refractivity contribution in [3.05, 3.63) is 18.0 Å². The van der Waals surface area contributed by atoms with Gasteiger partial charge in [0.15, 0.2) is 0 Å². The van der Waals surface area contributed by atoms with Crippen molar-refractivity contribution < 1.29 is 9.59 Å². The van der Waals surface area contributed by atoms with E-state index in [1.807, 2.05) is 29.0 Å². The second-order valence-electron chi connectivity index (χ2n) is 6.41. The van der Waals surface area contributed by atoms with Crippen LogP contribution in [0.4, 0.5) is 0 Å². The summed E-state index contributed by atoms with van der Waals surface area (Å²) in [6.45, 7) is 4.08. The van der Waals surface area contributed by atoms with Crippen molar-refractivity contribution in [3.8, 4) is 0 Å². The molecule has 2 aliphatic heterocycles. The zero-order valence-electron chi connectivity index (χ0n) is 14.3. The molecule has 0 atom stereocenters. The lowest BCUT2D eigenvalue weighted by Gasteiger charge is -2.25. The number of rotatable bonds is 3. The van der Waals surface area contributed by atoms with Gasteiger partial charge in [0.25, 0.3) is 5.91 Å². The number of nitrogens with zero attached hydrogens (tertiary/aromatic N) is 6. The van der Waals surface area contributed by atoms with Gasteiger partial charge in [-0.2, -0.15) is 10.2 Å². The molecule has 3 rings (SSSR count). The molecule has 24 heavy (non-hydrogen) atoms. The zero-order chi connectivity index (χ0) is 17.1. The predicted molar refractivity (Wildman–Crippen MR) is 89.1 cm³/mol. The molecule has 8 nitrogen and oxygen atoms in total. The van der Waals surface area contributed by atoms with E-state index in [9.17, 15) is 9.59 Å². The van der Waals surface area contributed by atoms with E-state index in [2.05, 4.69) is 15.1 Å². The molecule has 8 heteroatoms. The molecule has 0 saturated carbocycles.